The number of rotatable bonds is 3. The number of nitrogens with two attached hydrogens (primary N) is 1. The highest BCUT2D eigenvalue weighted by atomic mass is 79.9. The summed E-state index contributed by atoms with van der Waals surface area (Å²) in [5.74, 6) is 0. The summed E-state index contributed by atoms with van der Waals surface area (Å²) in [6.45, 7) is 2.72. The largest absolute Gasteiger partial charge is 0.398 e. The van der Waals surface area contributed by atoms with Crippen molar-refractivity contribution in [3.63, 3.8) is 0 Å². The molecule has 0 atom stereocenters. The molecule has 0 aromatic heterocycles. The third kappa shape index (κ3) is 3.44. The van der Waals surface area contributed by atoms with Crippen molar-refractivity contribution in [2.75, 3.05) is 26.0 Å². The lowest BCUT2D eigenvalue weighted by Crippen LogP contribution is -2.36. The minimum absolute atomic E-state index is 0.633. The van der Waals surface area contributed by atoms with Gasteiger partial charge in [-0.1, -0.05) is 6.07 Å². The molecule has 94 valence electrons. The molecule has 1 fully saturated rings. The Bertz CT molecular complexity index is 378. The average molecular weight is 299 g/mol. The summed E-state index contributed by atoms with van der Waals surface area (Å²) in [6.07, 6.45) is 2.25. The molecular weight excluding hydrogens is 280 g/mol. The second kappa shape index (κ2) is 5.85. The van der Waals surface area contributed by atoms with Crippen molar-refractivity contribution < 1.29 is 4.74 Å². The van der Waals surface area contributed by atoms with Crippen LogP contribution in [0.2, 0.25) is 0 Å². The van der Waals surface area contributed by atoms with Gasteiger partial charge in [-0.2, -0.15) is 0 Å². The predicted molar refractivity (Wildman–Crippen MR) is 73.9 cm³/mol. The number of nitrogen functional groups attached to an aromatic ring is 1. The van der Waals surface area contributed by atoms with Gasteiger partial charge in [-0.05, 0) is 53.5 Å². The van der Waals surface area contributed by atoms with Crippen molar-refractivity contribution in [3.05, 3.63) is 28.2 Å². The van der Waals surface area contributed by atoms with E-state index in [9.17, 15) is 0 Å². The Morgan fingerprint density at radius 2 is 2.12 bits per heavy atom. The van der Waals surface area contributed by atoms with E-state index >= 15 is 0 Å². The molecule has 0 saturated carbocycles. The first-order valence-corrected chi connectivity index (χ1v) is 6.78. The van der Waals surface area contributed by atoms with E-state index in [2.05, 4.69) is 33.9 Å². The summed E-state index contributed by atoms with van der Waals surface area (Å²) in [7, 11) is 2.17. The van der Waals surface area contributed by atoms with Crippen molar-refractivity contribution in [2.24, 2.45) is 0 Å². The van der Waals surface area contributed by atoms with E-state index in [0.717, 1.165) is 42.8 Å². The predicted octanol–water partition coefficient (Wildman–Crippen LogP) is 2.64. The number of hydrogen-bond acceptors (Lipinski definition) is 3. The molecule has 0 aliphatic carbocycles. The maximum Gasteiger partial charge on any atom is 0.0480 e. The fraction of sp³-hybridized carbons (Fsp3) is 0.538. The average Bonchev–Trinajstić information content (AvgIpc) is 2.35. The molecule has 0 bridgehead atoms. The molecule has 1 aliphatic rings. The van der Waals surface area contributed by atoms with Gasteiger partial charge in [0.1, 0.15) is 0 Å². The molecule has 1 aromatic carbocycles. The molecule has 1 aliphatic heterocycles. The molecule has 17 heavy (non-hydrogen) atoms. The van der Waals surface area contributed by atoms with Gasteiger partial charge in [0.25, 0.3) is 0 Å². The molecule has 4 heteroatoms. The number of hydrogen-bond donors (Lipinski definition) is 1. The molecule has 1 saturated heterocycles. The second-order valence-electron chi connectivity index (χ2n) is 4.61. The minimum Gasteiger partial charge on any atom is -0.398 e. The Morgan fingerprint density at radius 3 is 2.76 bits per heavy atom. The van der Waals surface area contributed by atoms with Crippen LogP contribution < -0.4 is 5.73 Å². The van der Waals surface area contributed by atoms with Crippen LogP contribution in [0.4, 0.5) is 5.69 Å². The summed E-state index contributed by atoms with van der Waals surface area (Å²) < 4.78 is 6.35. The first-order valence-electron chi connectivity index (χ1n) is 5.98. The maximum absolute atomic E-state index is 5.89. The van der Waals surface area contributed by atoms with Crippen molar-refractivity contribution in [1.82, 2.24) is 4.90 Å². The van der Waals surface area contributed by atoms with E-state index < -0.39 is 0 Å². The zero-order valence-electron chi connectivity index (χ0n) is 10.2. The number of halogens is 1. The van der Waals surface area contributed by atoms with Crippen LogP contribution >= 0.6 is 15.9 Å². The van der Waals surface area contributed by atoms with Gasteiger partial charge in [-0.15, -0.1) is 0 Å². The minimum atomic E-state index is 0.633. The number of nitrogens with zero attached hydrogens (tertiary/aromatic N) is 1. The molecule has 1 heterocycles. The van der Waals surface area contributed by atoms with Gasteiger partial charge in [0.15, 0.2) is 0 Å². The van der Waals surface area contributed by atoms with Gasteiger partial charge < -0.3 is 10.5 Å². The van der Waals surface area contributed by atoms with E-state index in [-0.39, 0.29) is 0 Å². The van der Waals surface area contributed by atoms with Gasteiger partial charge in [-0.3, -0.25) is 4.90 Å². The highest BCUT2D eigenvalue weighted by Crippen LogP contribution is 2.22. The fourth-order valence-electron chi connectivity index (χ4n) is 2.23. The van der Waals surface area contributed by atoms with Crippen LogP contribution in [-0.2, 0) is 11.3 Å². The van der Waals surface area contributed by atoms with E-state index in [1.54, 1.807) is 0 Å². The van der Waals surface area contributed by atoms with E-state index in [4.69, 9.17) is 10.5 Å². The first kappa shape index (κ1) is 12.9. The second-order valence-corrected chi connectivity index (χ2v) is 5.47. The topological polar surface area (TPSA) is 38.5 Å². The van der Waals surface area contributed by atoms with Gasteiger partial charge >= 0.3 is 0 Å². The number of anilines is 1. The van der Waals surface area contributed by atoms with E-state index in [0.29, 0.717) is 6.04 Å². The maximum atomic E-state index is 5.89. The number of ether oxygens (including phenoxy) is 1. The molecule has 0 amide bonds. The van der Waals surface area contributed by atoms with Crippen LogP contribution in [-0.4, -0.2) is 31.2 Å². The van der Waals surface area contributed by atoms with E-state index in [1.807, 2.05) is 12.1 Å². The van der Waals surface area contributed by atoms with Crippen LogP contribution in [0.15, 0.2) is 22.7 Å². The first-order chi connectivity index (χ1) is 8.16. The lowest BCUT2D eigenvalue weighted by atomic mass is 10.1. The van der Waals surface area contributed by atoms with Gasteiger partial charge in [0.2, 0.25) is 0 Å². The summed E-state index contributed by atoms with van der Waals surface area (Å²) >= 11 is 3.42. The quantitative estimate of drug-likeness (QED) is 0.872. The third-order valence-electron chi connectivity index (χ3n) is 3.31. The van der Waals surface area contributed by atoms with Crippen LogP contribution in [0.5, 0.6) is 0 Å². The molecular formula is C13H19BrN2O. The summed E-state index contributed by atoms with van der Waals surface area (Å²) in [5, 5.41) is 0. The molecule has 0 spiro atoms. The fourth-order valence-corrected chi connectivity index (χ4v) is 2.48. The zero-order valence-corrected chi connectivity index (χ0v) is 11.7. The third-order valence-corrected chi connectivity index (χ3v) is 4.03. The van der Waals surface area contributed by atoms with Crippen LogP contribution in [0, 0.1) is 0 Å². The van der Waals surface area contributed by atoms with Crippen molar-refractivity contribution in [2.45, 2.75) is 25.4 Å². The summed E-state index contributed by atoms with van der Waals surface area (Å²) in [5.41, 5.74) is 7.96. The van der Waals surface area contributed by atoms with Gasteiger partial charge in [0, 0.05) is 36.0 Å². The highest BCUT2D eigenvalue weighted by molar-refractivity contribution is 9.10. The molecule has 3 nitrogen and oxygen atoms in total. The molecule has 0 radical (unpaired) electrons. The van der Waals surface area contributed by atoms with Gasteiger partial charge in [0.05, 0.1) is 0 Å². The lowest BCUT2D eigenvalue weighted by Gasteiger charge is -2.31. The smallest absolute Gasteiger partial charge is 0.0480 e. The Labute approximate surface area is 111 Å². The van der Waals surface area contributed by atoms with E-state index in [1.165, 1.54) is 5.56 Å². The Morgan fingerprint density at radius 1 is 1.41 bits per heavy atom. The lowest BCUT2D eigenvalue weighted by molar-refractivity contribution is 0.0407. The van der Waals surface area contributed by atoms with Crippen LogP contribution in [0.1, 0.15) is 18.4 Å². The Hall–Kier alpha value is -0.580. The van der Waals surface area contributed by atoms with Crippen molar-refractivity contribution in [3.8, 4) is 0 Å². The zero-order chi connectivity index (χ0) is 12.3. The Balaban J connectivity index is 1.96. The summed E-state index contributed by atoms with van der Waals surface area (Å²) in [4.78, 5) is 2.39. The molecule has 2 N–H and O–H groups in total. The molecule has 1 aromatic rings. The normalized spacial score (nSPS) is 17.6. The number of benzene rings is 1. The highest BCUT2D eigenvalue weighted by Gasteiger charge is 2.18. The SMILES string of the molecule is CN(Cc1ccc(Br)c(N)c1)C1CCOCC1. The Kier molecular flexibility index (Phi) is 4.42. The van der Waals surface area contributed by atoms with Crippen molar-refractivity contribution in [1.29, 1.82) is 0 Å². The van der Waals surface area contributed by atoms with Crippen LogP contribution in [0.3, 0.4) is 0 Å². The molecule has 0 unspecified atom stereocenters. The summed E-state index contributed by atoms with van der Waals surface area (Å²) in [6, 6.07) is 6.81. The standard InChI is InChI=1S/C13H19BrN2O/c1-16(11-4-6-17-7-5-11)9-10-2-3-12(14)13(15)8-10/h2-3,8,11H,4-7,9,15H2,1H3. The van der Waals surface area contributed by atoms with Gasteiger partial charge in [-0.25, -0.2) is 0 Å². The van der Waals surface area contributed by atoms with Crippen LogP contribution in [0.25, 0.3) is 0 Å². The molecule has 2 rings (SSSR count). The van der Waals surface area contributed by atoms with Crippen molar-refractivity contribution >= 4 is 21.6 Å². The monoisotopic (exact) mass is 298 g/mol.